The Morgan fingerprint density at radius 2 is 2.40 bits per heavy atom. The second-order valence-electron chi connectivity index (χ2n) is 1.41. The fourth-order valence-corrected chi connectivity index (χ4v) is 0.710. The topological polar surface area (TPSA) is 95.1 Å². The summed E-state index contributed by atoms with van der Waals surface area (Å²) in [5.41, 5.74) is 0. The van der Waals surface area contributed by atoms with Crippen LogP contribution in [0.3, 0.4) is 0 Å². The Hall–Kier alpha value is -1.08. The lowest BCUT2D eigenvalue weighted by molar-refractivity contribution is 0.368. The molecule has 0 bridgehead atoms. The molecule has 56 valence electrons. The van der Waals surface area contributed by atoms with Gasteiger partial charge in [-0.05, 0) is 0 Å². The van der Waals surface area contributed by atoms with Crippen LogP contribution in [0.2, 0.25) is 0 Å². The molecule has 1 N–H and O–H groups in total. The molecule has 0 aliphatic rings. The summed E-state index contributed by atoms with van der Waals surface area (Å²) >= 11 is 0. The van der Waals surface area contributed by atoms with Crippen molar-refractivity contribution in [1.82, 2.24) is 9.97 Å². The molecular weight excluding hydrogens is 160 g/mol. The zero-order chi connectivity index (χ0) is 7.61. The summed E-state index contributed by atoms with van der Waals surface area (Å²) in [7, 11) is -4.67. The molecule has 0 unspecified atom stereocenters. The van der Waals surface area contributed by atoms with Crippen molar-refractivity contribution in [2.45, 2.75) is 0 Å². The first-order valence-corrected chi connectivity index (χ1v) is 3.55. The number of nitrogens with one attached hydrogen (secondary N) is 1. The smallest absolute Gasteiger partial charge is 0.264 e. The maximum absolute atomic E-state index is 9.87. The van der Waals surface area contributed by atoms with Gasteiger partial charge >= 0.3 is 0 Å². The van der Waals surface area contributed by atoms with Gasteiger partial charge in [0, 0.05) is 0 Å². The number of imidazole rings is 1. The fraction of sp³-hybridized carbons (Fsp3) is 0. The van der Waals surface area contributed by atoms with Crippen LogP contribution in [0.1, 0.15) is 0 Å². The summed E-state index contributed by atoms with van der Waals surface area (Å²) in [6, 6.07) is 0. The zero-order valence-corrected chi connectivity index (χ0v) is 5.46. The molecule has 0 atom stereocenters. The number of hydrogen-bond donors (Lipinski definition) is 1. The molecule has 1 aromatic heterocycles. The average molecular weight is 163 g/mol. The molecule has 1 rings (SSSR count). The molecule has 0 aliphatic carbocycles. The second kappa shape index (κ2) is 2.27. The van der Waals surface area contributed by atoms with Crippen molar-refractivity contribution in [1.29, 1.82) is 0 Å². The van der Waals surface area contributed by atoms with E-state index in [0.29, 0.717) is 0 Å². The van der Waals surface area contributed by atoms with Crippen molar-refractivity contribution in [3.63, 3.8) is 0 Å². The maximum Gasteiger partial charge on any atom is 0.264 e. The highest BCUT2D eigenvalue weighted by atomic mass is 32.3. The average Bonchev–Trinajstić information content (AvgIpc) is 2.12. The van der Waals surface area contributed by atoms with E-state index in [1.165, 1.54) is 6.33 Å². The quantitative estimate of drug-likeness (QED) is 0.457. The third-order valence-electron chi connectivity index (χ3n) is 0.665. The molecule has 10 heavy (non-hydrogen) atoms. The monoisotopic (exact) mass is 163 g/mol. The Morgan fingerprint density at radius 3 is 2.80 bits per heavy atom. The summed E-state index contributed by atoms with van der Waals surface area (Å²) in [5, 5.41) is 0. The SMILES string of the molecule is O=S(=O)([O-])Oc1cnc[nH]1. The Kier molecular flexibility index (Phi) is 1.60. The lowest BCUT2D eigenvalue weighted by atomic mass is 10.9. The van der Waals surface area contributed by atoms with E-state index in [2.05, 4.69) is 14.2 Å². The lowest BCUT2D eigenvalue weighted by Gasteiger charge is -2.04. The van der Waals surface area contributed by atoms with Gasteiger partial charge in [0.15, 0.2) is 0 Å². The Bertz CT molecular complexity index is 288. The standard InChI is InChI=1S/C3H4N2O4S/c6-10(7,8)9-3-1-4-2-5-3/h1-2H,(H,4,5)(H,6,7,8)/p-1. The Morgan fingerprint density at radius 1 is 1.70 bits per heavy atom. The van der Waals surface area contributed by atoms with Gasteiger partial charge < -0.3 is 13.7 Å². The molecule has 6 nitrogen and oxygen atoms in total. The lowest BCUT2D eigenvalue weighted by Crippen LogP contribution is -2.06. The van der Waals surface area contributed by atoms with Crippen LogP contribution in [0.4, 0.5) is 0 Å². The number of rotatable bonds is 2. The molecule has 1 aromatic rings. The predicted molar refractivity (Wildman–Crippen MR) is 28.9 cm³/mol. The normalized spacial score (nSPS) is 11.3. The summed E-state index contributed by atoms with van der Waals surface area (Å²) < 4.78 is 33.5. The van der Waals surface area contributed by atoms with Crippen LogP contribution in [-0.2, 0) is 10.4 Å². The number of nitrogens with zero attached hydrogens (tertiary/aromatic N) is 1. The molecule has 0 amide bonds. The zero-order valence-electron chi connectivity index (χ0n) is 4.64. The van der Waals surface area contributed by atoms with E-state index in [0.717, 1.165) is 6.20 Å². The van der Waals surface area contributed by atoms with E-state index in [-0.39, 0.29) is 5.88 Å². The largest absolute Gasteiger partial charge is 0.716 e. The Labute approximate surface area is 56.8 Å². The second-order valence-corrected chi connectivity index (χ2v) is 2.39. The molecule has 0 aromatic carbocycles. The highest BCUT2D eigenvalue weighted by Crippen LogP contribution is 2.03. The van der Waals surface area contributed by atoms with Crippen molar-refractivity contribution < 1.29 is 17.2 Å². The fourth-order valence-electron chi connectivity index (χ4n) is 0.399. The van der Waals surface area contributed by atoms with Crippen LogP contribution in [0, 0.1) is 0 Å². The van der Waals surface area contributed by atoms with E-state index in [1.807, 2.05) is 0 Å². The van der Waals surface area contributed by atoms with Crippen molar-refractivity contribution in [2.24, 2.45) is 0 Å². The molecule has 0 saturated heterocycles. The number of H-pyrrole nitrogens is 1. The van der Waals surface area contributed by atoms with Gasteiger partial charge in [-0.25, -0.2) is 13.4 Å². The molecular formula is C3H3N2O4S-. The van der Waals surface area contributed by atoms with Gasteiger partial charge in [0.1, 0.15) is 0 Å². The van der Waals surface area contributed by atoms with Gasteiger partial charge in [-0.3, -0.25) is 0 Å². The van der Waals surface area contributed by atoms with Gasteiger partial charge in [0.25, 0.3) is 10.4 Å². The van der Waals surface area contributed by atoms with Crippen LogP contribution in [0.15, 0.2) is 12.5 Å². The highest BCUT2D eigenvalue weighted by Gasteiger charge is 1.97. The highest BCUT2D eigenvalue weighted by molar-refractivity contribution is 7.81. The third-order valence-corrected chi connectivity index (χ3v) is 1.05. The molecule has 1 heterocycles. The number of aromatic nitrogens is 2. The van der Waals surface area contributed by atoms with E-state index >= 15 is 0 Å². The summed E-state index contributed by atoms with van der Waals surface area (Å²) in [6.07, 6.45) is 2.27. The van der Waals surface area contributed by atoms with Crippen molar-refractivity contribution in [2.75, 3.05) is 0 Å². The van der Waals surface area contributed by atoms with Gasteiger partial charge in [0.05, 0.1) is 12.5 Å². The summed E-state index contributed by atoms with van der Waals surface area (Å²) in [5.74, 6) is -0.185. The van der Waals surface area contributed by atoms with E-state index in [4.69, 9.17) is 0 Å². The molecule has 0 fully saturated rings. The minimum atomic E-state index is -4.67. The maximum atomic E-state index is 9.87. The van der Waals surface area contributed by atoms with Gasteiger partial charge in [0.2, 0.25) is 5.88 Å². The van der Waals surface area contributed by atoms with Gasteiger partial charge in [-0.15, -0.1) is 0 Å². The number of hydrogen-bond acceptors (Lipinski definition) is 5. The first kappa shape index (κ1) is 7.03. The van der Waals surface area contributed by atoms with Crippen LogP contribution in [-0.4, -0.2) is 22.9 Å². The summed E-state index contributed by atoms with van der Waals surface area (Å²) in [4.78, 5) is 5.70. The molecule has 0 aliphatic heterocycles. The molecule has 0 spiro atoms. The van der Waals surface area contributed by atoms with E-state index in [1.54, 1.807) is 0 Å². The first-order valence-electron chi connectivity index (χ1n) is 2.21. The molecule has 0 saturated carbocycles. The summed E-state index contributed by atoms with van der Waals surface area (Å²) in [6.45, 7) is 0. The third kappa shape index (κ3) is 2.03. The molecule has 7 heteroatoms. The van der Waals surface area contributed by atoms with Crippen LogP contribution in [0.5, 0.6) is 5.88 Å². The van der Waals surface area contributed by atoms with E-state index < -0.39 is 10.4 Å². The van der Waals surface area contributed by atoms with Crippen molar-refractivity contribution in [3.05, 3.63) is 12.5 Å². The van der Waals surface area contributed by atoms with Crippen molar-refractivity contribution in [3.8, 4) is 5.88 Å². The van der Waals surface area contributed by atoms with E-state index in [9.17, 15) is 13.0 Å². The van der Waals surface area contributed by atoms with Gasteiger partial charge in [-0.1, -0.05) is 0 Å². The van der Waals surface area contributed by atoms with Crippen LogP contribution >= 0.6 is 0 Å². The van der Waals surface area contributed by atoms with Gasteiger partial charge in [-0.2, -0.15) is 0 Å². The Balaban J connectivity index is 2.75. The minimum Gasteiger partial charge on any atom is -0.716 e. The molecule has 0 radical (unpaired) electrons. The van der Waals surface area contributed by atoms with Crippen molar-refractivity contribution >= 4 is 10.4 Å². The minimum absolute atomic E-state index is 0.185. The van der Waals surface area contributed by atoms with Crippen LogP contribution < -0.4 is 4.18 Å². The predicted octanol–water partition coefficient (Wildman–Crippen LogP) is -0.751. The first-order chi connectivity index (χ1) is 4.58. The number of aromatic amines is 1. The van der Waals surface area contributed by atoms with Crippen LogP contribution in [0.25, 0.3) is 0 Å².